The molecular formula is C14H18F3NO. The largest absolute Gasteiger partial charge is 0.496 e. The van der Waals surface area contributed by atoms with Crippen molar-refractivity contribution in [2.75, 3.05) is 7.11 Å². The zero-order valence-electron chi connectivity index (χ0n) is 10.9. The van der Waals surface area contributed by atoms with Gasteiger partial charge in [0.15, 0.2) is 0 Å². The van der Waals surface area contributed by atoms with Gasteiger partial charge >= 0.3 is 6.18 Å². The first-order chi connectivity index (χ1) is 8.87. The van der Waals surface area contributed by atoms with Crippen molar-refractivity contribution >= 4 is 0 Å². The lowest BCUT2D eigenvalue weighted by Crippen LogP contribution is -2.39. The maximum absolute atomic E-state index is 12.8. The highest BCUT2D eigenvalue weighted by atomic mass is 19.4. The SMILES string of the molecule is COc1ccc(C(F)(F)F)cc1C1(N)CCCCC1. The Morgan fingerprint density at radius 2 is 1.79 bits per heavy atom. The summed E-state index contributed by atoms with van der Waals surface area (Å²) in [5.74, 6) is 0.442. The fourth-order valence-corrected chi connectivity index (χ4v) is 2.73. The number of benzene rings is 1. The molecule has 0 bridgehead atoms. The molecule has 1 aromatic carbocycles. The molecule has 0 radical (unpaired) electrons. The van der Waals surface area contributed by atoms with Gasteiger partial charge in [0.05, 0.1) is 12.7 Å². The third-order valence-corrected chi connectivity index (χ3v) is 3.81. The second-order valence-electron chi connectivity index (χ2n) is 5.13. The first-order valence-corrected chi connectivity index (χ1v) is 6.41. The van der Waals surface area contributed by atoms with Crippen molar-refractivity contribution in [1.29, 1.82) is 0 Å². The standard InChI is InChI=1S/C14H18F3NO/c1-19-12-6-5-10(14(15,16)17)9-11(12)13(18)7-3-2-4-8-13/h5-6,9H,2-4,7-8,18H2,1H3. The van der Waals surface area contributed by atoms with Crippen LogP contribution in [0.25, 0.3) is 0 Å². The highest BCUT2D eigenvalue weighted by Gasteiger charge is 2.36. The van der Waals surface area contributed by atoms with Gasteiger partial charge in [-0.2, -0.15) is 13.2 Å². The number of alkyl halides is 3. The lowest BCUT2D eigenvalue weighted by atomic mass is 9.76. The molecule has 106 valence electrons. The van der Waals surface area contributed by atoms with Crippen molar-refractivity contribution in [3.63, 3.8) is 0 Å². The summed E-state index contributed by atoms with van der Waals surface area (Å²) in [6.07, 6.45) is 0.00736. The van der Waals surface area contributed by atoms with Crippen LogP contribution < -0.4 is 10.5 Å². The van der Waals surface area contributed by atoms with E-state index < -0.39 is 17.3 Å². The third kappa shape index (κ3) is 2.86. The Labute approximate surface area is 110 Å². The molecule has 2 N–H and O–H groups in total. The number of ether oxygens (including phenoxy) is 1. The Hall–Kier alpha value is -1.23. The van der Waals surface area contributed by atoms with E-state index in [9.17, 15) is 13.2 Å². The van der Waals surface area contributed by atoms with Gasteiger partial charge in [0.1, 0.15) is 5.75 Å². The van der Waals surface area contributed by atoms with Crippen LogP contribution in [-0.2, 0) is 11.7 Å². The number of hydrogen-bond acceptors (Lipinski definition) is 2. The molecule has 0 aliphatic heterocycles. The normalized spacial score (nSPS) is 19.2. The first kappa shape index (κ1) is 14.2. The van der Waals surface area contributed by atoms with E-state index in [0.717, 1.165) is 31.4 Å². The number of hydrogen-bond donors (Lipinski definition) is 1. The van der Waals surface area contributed by atoms with E-state index in [1.54, 1.807) is 0 Å². The predicted octanol–water partition coefficient (Wildman–Crippen LogP) is 3.83. The van der Waals surface area contributed by atoms with Gasteiger partial charge in [0.2, 0.25) is 0 Å². The molecule has 0 saturated heterocycles. The molecule has 2 rings (SSSR count). The lowest BCUT2D eigenvalue weighted by Gasteiger charge is -2.35. The summed E-state index contributed by atoms with van der Waals surface area (Å²) in [6.45, 7) is 0. The second kappa shape index (κ2) is 5.04. The minimum atomic E-state index is -4.36. The van der Waals surface area contributed by atoms with Crippen molar-refractivity contribution in [3.05, 3.63) is 29.3 Å². The Bertz CT molecular complexity index is 450. The molecule has 0 aromatic heterocycles. The summed E-state index contributed by atoms with van der Waals surface area (Å²) in [5.41, 5.74) is 5.43. The molecule has 1 aliphatic rings. The first-order valence-electron chi connectivity index (χ1n) is 6.41. The van der Waals surface area contributed by atoms with Crippen molar-refractivity contribution in [3.8, 4) is 5.75 Å². The molecule has 0 amide bonds. The van der Waals surface area contributed by atoms with Gasteiger partial charge in [-0.05, 0) is 31.0 Å². The summed E-state index contributed by atoms with van der Waals surface area (Å²) in [5, 5.41) is 0. The predicted molar refractivity (Wildman–Crippen MR) is 66.9 cm³/mol. The molecule has 0 heterocycles. The van der Waals surface area contributed by atoms with Crippen LogP contribution in [0.4, 0.5) is 13.2 Å². The molecular weight excluding hydrogens is 255 g/mol. The van der Waals surface area contributed by atoms with Gasteiger partial charge in [0, 0.05) is 11.1 Å². The summed E-state index contributed by atoms with van der Waals surface area (Å²) in [4.78, 5) is 0. The smallest absolute Gasteiger partial charge is 0.416 e. The highest BCUT2D eigenvalue weighted by molar-refractivity contribution is 5.43. The molecule has 0 unspecified atom stereocenters. The molecule has 1 saturated carbocycles. The van der Waals surface area contributed by atoms with Crippen LogP contribution >= 0.6 is 0 Å². The average Bonchev–Trinajstić information content (AvgIpc) is 2.38. The number of rotatable bonds is 2. The number of nitrogens with two attached hydrogens (primary N) is 1. The summed E-state index contributed by atoms with van der Waals surface area (Å²) < 4.78 is 43.6. The van der Waals surface area contributed by atoms with Crippen LogP contribution in [0.1, 0.15) is 43.2 Å². The van der Waals surface area contributed by atoms with Crippen LogP contribution in [-0.4, -0.2) is 7.11 Å². The van der Waals surface area contributed by atoms with Crippen molar-refractivity contribution in [2.24, 2.45) is 5.73 Å². The van der Waals surface area contributed by atoms with E-state index in [-0.39, 0.29) is 0 Å². The quantitative estimate of drug-likeness (QED) is 0.888. The summed E-state index contributed by atoms with van der Waals surface area (Å²) >= 11 is 0. The van der Waals surface area contributed by atoms with Crippen LogP contribution in [0, 0.1) is 0 Å². The third-order valence-electron chi connectivity index (χ3n) is 3.81. The molecule has 0 spiro atoms. The zero-order valence-corrected chi connectivity index (χ0v) is 10.9. The number of methoxy groups -OCH3 is 1. The van der Waals surface area contributed by atoms with E-state index in [0.29, 0.717) is 24.2 Å². The van der Waals surface area contributed by atoms with E-state index in [1.807, 2.05) is 0 Å². The minimum absolute atomic E-state index is 0.442. The molecule has 0 atom stereocenters. The van der Waals surface area contributed by atoms with Crippen molar-refractivity contribution in [2.45, 2.75) is 43.8 Å². The molecule has 1 aliphatic carbocycles. The Morgan fingerprint density at radius 3 is 2.32 bits per heavy atom. The van der Waals surface area contributed by atoms with Crippen LogP contribution in [0.3, 0.4) is 0 Å². The van der Waals surface area contributed by atoms with Gasteiger partial charge < -0.3 is 10.5 Å². The lowest BCUT2D eigenvalue weighted by molar-refractivity contribution is -0.137. The Balaban J connectivity index is 2.47. The van der Waals surface area contributed by atoms with Gasteiger partial charge in [-0.1, -0.05) is 19.3 Å². The van der Waals surface area contributed by atoms with E-state index >= 15 is 0 Å². The average molecular weight is 273 g/mol. The monoisotopic (exact) mass is 273 g/mol. The fraction of sp³-hybridized carbons (Fsp3) is 0.571. The van der Waals surface area contributed by atoms with E-state index in [4.69, 9.17) is 10.5 Å². The maximum atomic E-state index is 12.8. The van der Waals surface area contributed by atoms with Gasteiger partial charge in [-0.25, -0.2) is 0 Å². The van der Waals surface area contributed by atoms with Crippen molar-refractivity contribution < 1.29 is 17.9 Å². The second-order valence-corrected chi connectivity index (χ2v) is 5.13. The molecule has 19 heavy (non-hydrogen) atoms. The topological polar surface area (TPSA) is 35.2 Å². The summed E-state index contributed by atoms with van der Waals surface area (Å²) in [7, 11) is 1.46. The van der Waals surface area contributed by atoms with E-state index in [2.05, 4.69) is 0 Å². The molecule has 1 fully saturated rings. The highest BCUT2D eigenvalue weighted by Crippen LogP contribution is 2.41. The minimum Gasteiger partial charge on any atom is -0.496 e. The van der Waals surface area contributed by atoms with E-state index in [1.165, 1.54) is 13.2 Å². The molecule has 1 aromatic rings. The van der Waals surface area contributed by atoms with Gasteiger partial charge in [-0.3, -0.25) is 0 Å². The maximum Gasteiger partial charge on any atom is 0.416 e. The van der Waals surface area contributed by atoms with Crippen LogP contribution in [0.15, 0.2) is 18.2 Å². The van der Waals surface area contributed by atoms with Gasteiger partial charge in [0.25, 0.3) is 0 Å². The fourth-order valence-electron chi connectivity index (χ4n) is 2.73. The van der Waals surface area contributed by atoms with Crippen molar-refractivity contribution in [1.82, 2.24) is 0 Å². The number of halogens is 3. The summed E-state index contributed by atoms with van der Waals surface area (Å²) in [6, 6.07) is 3.54. The molecule has 5 heteroatoms. The Morgan fingerprint density at radius 1 is 1.16 bits per heavy atom. The Kier molecular flexibility index (Phi) is 3.76. The zero-order chi connectivity index (χ0) is 14.1. The van der Waals surface area contributed by atoms with Crippen LogP contribution in [0.2, 0.25) is 0 Å². The molecule has 2 nitrogen and oxygen atoms in total. The van der Waals surface area contributed by atoms with Crippen LogP contribution in [0.5, 0.6) is 5.75 Å². The van der Waals surface area contributed by atoms with Gasteiger partial charge in [-0.15, -0.1) is 0 Å².